The Labute approximate surface area is 148 Å². The number of benzene rings is 1. The van der Waals surface area contributed by atoms with Crippen molar-refractivity contribution in [2.45, 2.75) is 38.6 Å². The van der Waals surface area contributed by atoms with Crippen LogP contribution in [0.25, 0.3) is 0 Å². The highest BCUT2D eigenvalue weighted by molar-refractivity contribution is 7.53. The van der Waals surface area contributed by atoms with E-state index in [-0.39, 0.29) is 31.4 Å². The first-order valence-electron chi connectivity index (χ1n) is 8.29. The Bertz CT molecular complexity index is 611. The average Bonchev–Trinajstić information content (AvgIpc) is 2.59. The number of ketones is 1. The number of rotatable bonds is 12. The van der Waals surface area contributed by atoms with Crippen LogP contribution in [0.4, 0.5) is 0 Å². The highest BCUT2D eigenvalue weighted by Crippen LogP contribution is 2.48. The Balaban J connectivity index is 2.71. The third-order valence-corrected chi connectivity index (χ3v) is 5.89. The largest absolute Gasteiger partial charge is 0.480 e. The highest BCUT2D eigenvalue weighted by Gasteiger charge is 2.42. The van der Waals surface area contributed by atoms with Crippen molar-refractivity contribution in [3.63, 3.8) is 0 Å². The van der Waals surface area contributed by atoms with E-state index in [2.05, 4.69) is 0 Å². The van der Waals surface area contributed by atoms with Crippen LogP contribution in [0.2, 0.25) is 0 Å². The summed E-state index contributed by atoms with van der Waals surface area (Å²) in [6.45, 7) is 3.97. The lowest BCUT2D eigenvalue weighted by atomic mass is 9.85. The Morgan fingerprint density at radius 2 is 1.68 bits per heavy atom. The first-order chi connectivity index (χ1) is 11.8. The topological polar surface area (TPSA) is 116 Å². The van der Waals surface area contributed by atoms with Crippen molar-refractivity contribution in [2.75, 3.05) is 19.4 Å². The van der Waals surface area contributed by atoms with Crippen molar-refractivity contribution in [1.29, 1.82) is 0 Å². The highest BCUT2D eigenvalue weighted by atomic mass is 31.2. The van der Waals surface area contributed by atoms with E-state index in [0.717, 1.165) is 0 Å². The summed E-state index contributed by atoms with van der Waals surface area (Å²) in [5.41, 5.74) is 4.14. The van der Waals surface area contributed by atoms with Crippen LogP contribution >= 0.6 is 7.60 Å². The molecule has 0 bridgehead atoms. The summed E-state index contributed by atoms with van der Waals surface area (Å²) in [5.74, 6) is -2.02. The van der Waals surface area contributed by atoms with Gasteiger partial charge in [-0.2, -0.15) is 0 Å². The molecule has 3 N–H and O–H groups in total. The summed E-state index contributed by atoms with van der Waals surface area (Å²) in [7, 11) is -3.18. The molecular formula is C17H26NO6P. The number of aliphatic carboxylic acids is 1. The summed E-state index contributed by atoms with van der Waals surface area (Å²) in [6, 6.07) is 8.09. The number of carbonyl (C=O) groups is 2. The van der Waals surface area contributed by atoms with Gasteiger partial charge in [0.15, 0.2) is 11.3 Å². The smallest absolute Gasteiger partial charge is 0.331 e. The number of unbranched alkanes of at least 4 members (excludes halogenated alkanes) is 1. The van der Waals surface area contributed by atoms with Crippen LogP contribution < -0.4 is 5.73 Å². The van der Waals surface area contributed by atoms with E-state index in [1.807, 2.05) is 0 Å². The van der Waals surface area contributed by atoms with Gasteiger partial charge in [0, 0.05) is 5.56 Å². The average molecular weight is 371 g/mol. The van der Waals surface area contributed by atoms with Gasteiger partial charge in [-0.05, 0) is 33.1 Å². The van der Waals surface area contributed by atoms with Crippen molar-refractivity contribution >= 4 is 19.3 Å². The second kappa shape index (κ2) is 9.82. The lowest BCUT2D eigenvalue weighted by Gasteiger charge is -2.24. The Hall–Kier alpha value is -1.53. The van der Waals surface area contributed by atoms with E-state index in [1.165, 1.54) is 12.1 Å². The van der Waals surface area contributed by atoms with Gasteiger partial charge < -0.3 is 19.9 Å². The molecule has 7 nitrogen and oxygen atoms in total. The van der Waals surface area contributed by atoms with Gasteiger partial charge in [0.25, 0.3) is 0 Å². The van der Waals surface area contributed by atoms with Crippen molar-refractivity contribution < 1.29 is 28.3 Å². The summed E-state index contributed by atoms with van der Waals surface area (Å²) < 4.78 is 22.7. The number of hydrogen-bond donors (Lipinski definition) is 2. The van der Waals surface area contributed by atoms with E-state index in [4.69, 9.17) is 14.8 Å². The fourth-order valence-electron chi connectivity index (χ4n) is 2.43. The van der Waals surface area contributed by atoms with Gasteiger partial charge in [-0.25, -0.2) is 4.79 Å². The van der Waals surface area contributed by atoms with Crippen LogP contribution in [0.15, 0.2) is 30.3 Å². The third kappa shape index (κ3) is 6.04. The molecule has 1 aromatic carbocycles. The molecule has 0 aliphatic carbocycles. The standard InChI is InChI=1S/C17H26NO6P/c1-3-23-25(22,24-4-2)13-9-8-12-17(18,16(20)21)15(19)14-10-6-5-7-11-14/h5-7,10-11H,3-4,8-9,12-13,18H2,1-2H3,(H,20,21). The third-order valence-electron chi connectivity index (χ3n) is 3.73. The van der Waals surface area contributed by atoms with E-state index in [9.17, 15) is 19.3 Å². The summed E-state index contributed by atoms with van der Waals surface area (Å²) >= 11 is 0. The van der Waals surface area contributed by atoms with Gasteiger partial charge in [-0.1, -0.05) is 30.3 Å². The number of carboxylic acid groups (broad SMARTS) is 1. The fraction of sp³-hybridized carbons (Fsp3) is 0.529. The van der Waals surface area contributed by atoms with Crippen molar-refractivity contribution in [3.05, 3.63) is 35.9 Å². The lowest BCUT2D eigenvalue weighted by molar-refractivity contribution is -0.141. The van der Waals surface area contributed by atoms with Gasteiger partial charge in [-0.3, -0.25) is 9.36 Å². The number of carbonyl (C=O) groups excluding carboxylic acids is 1. The van der Waals surface area contributed by atoms with Gasteiger partial charge in [-0.15, -0.1) is 0 Å². The maximum Gasteiger partial charge on any atom is 0.331 e. The molecule has 8 heteroatoms. The molecule has 1 aromatic rings. The fourth-order valence-corrected chi connectivity index (χ4v) is 4.16. The lowest BCUT2D eigenvalue weighted by Crippen LogP contribution is -2.54. The van der Waals surface area contributed by atoms with Gasteiger partial charge in [0.1, 0.15) is 0 Å². The predicted octanol–water partition coefficient (Wildman–Crippen LogP) is 3.09. The zero-order valence-corrected chi connectivity index (χ0v) is 15.5. The predicted molar refractivity (Wildman–Crippen MR) is 94.9 cm³/mol. The first-order valence-corrected chi connectivity index (χ1v) is 10.0. The van der Waals surface area contributed by atoms with E-state index < -0.39 is 24.9 Å². The van der Waals surface area contributed by atoms with Gasteiger partial charge in [0.05, 0.1) is 19.4 Å². The number of carboxylic acids is 1. The molecule has 0 radical (unpaired) electrons. The van der Waals surface area contributed by atoms with Crippen LogP contribution in [0.3, 0.4) is 0 Å². The molecule has 0 amide bonds. The second-order valence-corrected chi connectivity index (χ2v) is 7.78. The maximum absolute atomic E-state index is 12.5. The summed E-state index contributed by atoms with van der Waals surface area (Å²) in [6.07, 6.45) is 0.787. The van der Waals surface area contributed by atoms with Gasteiger partial charge in [0.2, 0.25) is 0 Å². The second-order valence-electron chi connectivity index (χ2n) is 5.60. The van der Waals surface area contributed by atoms with E-state index >= 15 is 0 Å². The molecule has 0 aliphatic heterocycles. The van der Waals surface area contributed by atoms with E-state index in [0.29, 0.717) is 12.8 Å². The molecular weight excluding hydrogens is 345 g/mol. The number of nitrogens with two attached hydrogens (primary N) is 1. The molecule has 0 spiro atoms. The molecule has 1 atom stereocenters. The van der Waals surface area contributed by atoms with Crippen LogP contribution in [0.5, 0.6) is 0 Å². The Kier molecular flexibility index (Phi) is 8.45. The Morgan fingerprint density at radius 3 is 2.16 bits per heavy atom. The van der Waals surface area contributed by atoms with Crippen LogP contribution in [-0.4, -0.2) is 41.8 Å². The van der Waals surface area contributed by atoms with Gasteiger partial charge >= 0.3 is 13.6 Å². The molecule has 140 valence electrons. The minimum absolute atomic E-state index is 0.0612. The molecule has 1 unspecified atom stereocenters. The van der Waals surface area contributed by atoms with E-state index in [1.54, 1.807) is 32.0 Å². The molecule has 1 rings (SSSR count). The van der Waals surface area contributed by atoms with Crippen molar-refractivity contribution in [1.82, 2.24) is 0 Å². The summed E-state index contributed by atoms with van der Waals surface area (Å²) in [5, 5.41) is 9.44. The molecule has 0 aliphatic rings. The molecule has 0 fully saturated rings. The zero-order valence-electron chi connectivity index (χ0n) is 14.6. The first kappa shape index (κ1) is 21.5. The quantitative estimate of drug-likeness (QED) is 0.251. The number of Topliss-reactive ketones (excluding diaryl/α,β-unsaturated/α-hetero) is 1. The molecule has 0 aromatic heterocycles. The normalized spacial score (nSPS) is 14.0. The molecule has 0 saturated carbocycles. The number of hydrogen-bond acceptors (Lipinski definition) is 6. The van der Waals surface area contributed by atoms with Crippen LogP contribution in [-0.2, 0) is 18.4 Å². The zero-order chi connectivity index (χ0) is 18.9. The molecule has 0 saturated heterocycles. The Morgan fingerprint density at radius 1 is 1.12 bits per heavy atom. The molecule has 25 heavy (non-hydrogen) atoms. The SMILES string of the molecule is CCOP(=O)(CCCCC(N)(C(=O)O)C(=O)c1ccccc1)OCC. The summed E-state index contributed by atoms with van der Waals surface area (Å²) in [4.78, 5) is 24.1. The minimum Gasteiger partial charge on any atom is -0.480 e. The molecule has 0 heterocycles. The van der Waals surface area contributed by atoms with Crippen molar-refractivity contribution in [2.24, 2.45) is 5.73 Å². The van der Waals surface area contributed by atoms with Crippen LogP contribution in [0.1, 0.15) is 43.5 Å². The van der Waals surface area contributed by atoms with Crippen LogP contribution in [0, 0.1) is 0 Å². The maximum atomic E-state index is 12.5. The minimum atomic E-state index is -3.18. The monoisotopic (exact) mass is 371 g/mol. The van der Waals surface area contributed by atoms with Crippen molar-refractivity contribution in [3.8, 4) is 0 Å².